The van der Waals surface area contributed by atoms with Crippen LogP contribution in [-0.2, 0) is 9.53 Å². The Bertz CT molecular complexity index is 1100. The van der Waals surface area contributed by atoms with Crippen LogP contribution in [0.25, 0.3) is 0 Å². The summed E-state index contributed by atoms with van der Waals surface area (Å²) in [6.07, 6.45) is 2.97. The van der Waals surface area contributed by atoms with Gasteiger partial charge in [0.25, 0.3) is 17.7 Å². The van der Waals surface area contributed by atoms with Gasteiger partial charge in [-0.15, -0.1) is 0 Å². The van der Waals surface area contributed by atoms with Crippen molar-refractivity contribution in [2.75, 3.05) is 24.6 Å². The van der Waals surface area contributed by atoms with Crippen LogP contribution in [-0.4, -0.2) is 48.3 Å². The topological polar surface area (TPSA) is 84.0 Å². The lowest BCUT2D eigenvalue weighted by Gasteiger charge is -2.26. The number of rotatable bonds is 4. The Morgan fingerprint density at radius 1 is 0.871 bits per heavy atom. The molecule has 160 valence electrons. The number of hydrogen-bond donors (Lipinski definition) is 0. The van der Waals surface area contributed by atoms with Gasteiger partial charge in [-0.2, -0.15) is 0 Å². The van der Waals surface area contributed by atoms with Crippen LogP contribution in [0.15, 0.2) is 36.4 Å². The molecule has 0 spiro atoms. The molecule has 31 heavy (non-hydrogen) atoms. The number of anilines is 1. The number of nitrogens with zero attached hydrogens (tertiary/aromatic N) is 2. The Morgan fingerprint density at radius 3 is 2.29 bits per heavy atom. The van der Waals surface area contributed by atoms with E-state index in [-0.39, 0.29) is 39.9 Å². The second kappa shape index (κ2) is 8.69. The number of carbonyl (C=O) groups excluding carboxylic acids is 4. The van der Waals surface area contributed by atoms with Crippen LogP contribution in [0, 0.1) is 0 Å². The second-order valence-corrected chi connectivity index (χ2v) is 8.14. The maximum absolute atomic E-state index is 12.9. The predicted octanol–water partition coefficient (Wildman–Crippen LogP) is 3.96. The Labute approximate surface area is 188 Å². The van der Waals surface area contributed by atoms with Crippen LogP contribution in [0.3, 0.4) is 0 Å². The summed E-state index contributed by atoms with van der Waals surface area (Å²) in [6, 6.07) is 8.53. The molecule has 0 N–H and O–H groups in total. The summed E-state index contributed by atoms with van der Waals surface area (Å²) in [4.78, 5) is 52.9. The number of fused-ring (bicyclic) bond motifs is 1. The molecule has 3 amide bonds. The summed E-state index contributed by atoms with van der Waals surface area (Å²) in [7, 11) is 0. The monoisotopic (exact) mass is 460 g/mol. The molecule has 1 saturated heterocycles. The van der Waals surface area contributed by atoms with Gasteiger partial charge in [-0.05, 0) is 55.7 Å². The van der Waals surface area contributed by atoms with Crippen molar-refractivity contribution in [2.24, 2.45) is 0 Å². The fourth-order valence-electron chi connectivity index (χ4n) is 3.67. The van der Waals surface area contributed by atoms with Crippen molar-refractivity contribution in [1.29, 1.82) is 0 Å². The molecule has 2 heterocycles. The molecule has 0 radical (unpaired) electrons. The molecular formula is C22H18Cl2N2O5. The molecular weight excluding hydrogens is 443 g/mol. The van der Waals surface area contributed by atoms with E-state index in [4.69, 9.17) is 27.9 Å². The molecule has 0 aliphatic carbocycles. The standard InChI is InChI=1S/C22H18Cl2N2O5/c23-17-7-5-14(11-18(17)24)26-20(28)15-6-4-13(10-16(15)21(26)29)22(30)31-12-19(27)25-8-2-1-3-9-25/h4-7,10-11H,1-3,8-9,12H2. The predicted molar refractivity (Wildman–Crippen MR) is 115 cm³/mol. The van der Waals surface area contributed by atoms with Crippen LogP contribution in [0.2, 0.25) is 10.0 Å². The highest BCUT2D eigenvalue weighted by Gasteiger charge is 2.37. The van der Waals surface area contributed by atoms with Crippen molar-refractivity contribution in [2.45, 2.75) is 19.3 Å². The van der Waals surface area contributed by atoms with Gasteiger partial charge in [-0.25, -0.2) is 9.69 Å². The van der Waals surface area contributed by atoms with Crippen LogP contribution >= 0.6 is 23.2 Å². The van der Waals surface area contributed by atoms with Gasteiger partial charge in [-0.1, -0.05) is 23.2 Å². The quantitative estimate of drug-likeness (QED) is 0.509. The molecule has 2 aliphatic rings. The number of likely N-dealkylation sites (tertiary alicyclic amines) is 1. The van der Waals surface area contributed by atoms with Crippen molar-refractivity contribution in [3.8, 4) is 0 Å². The molecule has 0 aromatic heterocycles. The third kappa shape index (κ3) is 4.16. The molecule has 9 heteroatoms. The number of ether oxygens (including phenoxy) is 1. The first-order valence-corrected chi connectivity index (χ1v) is 10.5. The van der Waals surface area contributed by atoms with Gasteiger partial charge < -0.3 is 9.64 Å². The van der Waals surface area contributed by atoms with Crippen molar-refractivity contribution in [3.05, 3.63) is 63.1 Å². The van der Waals surface area contributed by atoms with E-state index in [1.165, 1.54) is 36.4 Å². The zero-order chi connectivity index (χ0) is 22.1. The summed E-state index contributed by atoms with van der Waals surface area (Å²) in [5, 5.41) is 0.504. The molecule has 2 aromatic carbocycles. The molecule has 7 nitrogen and oxygen atoms in total. The normalized spacial score (nSPS) is 15.8. The van der Waals surface area contributed by atoms with E-state index in [1.807, 2.05) is 0 Å². The lowest BCUT2D eigenvalue weighted by atomic mass is 10.1. The van der Waals surface area contributed by atoms with E-state index in [2.05, 4.69) is 0 Å². The third-order valence-electron chi connectivity index (χ3n) is 5.32. The Balaban J connectivity index is 1.49. The van der Waals surface area contributed by atoms with Gasteiger partial charge in [0.2, 0.25) is 0 Å². The van der Waals surface area contributed by atoms with Gasteiger partial charge in [0, 0.05) is 13.1 Å². The fourth-order valence-corrected chi connectivity index (χ4v) is 3.96. The Kier molecular flexibility index (Phi) is 5.98. The van der Waals surface area contributed by atoms with Gasteiger partial charge in [0.1, 0.15) is 0 Å². The lowest BCUT2D eigenvalue weighted by molar-refractivity contribution is -0.135. The maximum atomic E-state index is 12.9. The van der Waals surface area contributed by atoms with Crippen LogP contribution in [0.5, 0.6) is 0 Å². The number of carbonyl (C=O) groups is 4. The summed E-state index contributed by atoms with van der Waals surface area (Å²) in [6.45, 7) is 0.963. The van der Waals surface area contributed by atoms with Crippen LogP contribution in [0.4, 0.5) is 5.69 Å². The highest BCUT2D eigenvalue weighted by Crippen LogP contribution is 2.33. The minimum atomic E-state index is -0.735. The average molecular weight is 461 g/mol. The zero-order valence-electron chi connectivity index (χ0n) is 16.4. The molecule has 2 aliphatic heterocycles. The minimum absolute atomic E-state index is 0.0767. The minimum Gasteiger partial charge on any atom is -0.452 e. The van der Waals surface area contributed by atoms with Gasteiger partial charge >= 0.3 is 5.97 Å². The largest absolute Gasteiger partial charge is 0.452 e. The van der Waals surface area contributed by atoms with Gasteiger partial charge in [-0.3, -0.25) is 14.4 Å². The van der Waals surface area contributed by atoms with E-state index in [0.717, 1.165) is 24.2 Å². The van der Waals surface area contributed by atoms with Crippen molar-refractivity contribution >= 4 is 52.6 Å². The first-order valence-electron chi connectivity index (χ1n) is 9.79. The zero-order valence-corrected chi connectivity index (χ0v) is 17.9. The molecule has 4 rings (SSSR count). The van der Waals surface area contributed by atoms with Crippen molar-refractivity contribution in [3.63, 3.8) is 0 Å². The van der Waals surface area contributed by atoms with E-state index in [9.17, 15) is 19.2 Å². The number of halogens is 2. The van der Waals surface area contributed by atoms with Crippen molar-refractivity contribution < 1.29 is 23.9 Å². The molecule has 2 aromatic rings. The molecule has 0 saturated carbocycles. The Morgan fingerprint density at radius 2 is 1.58 bits per heavy atom. The summed E-state index contributed by atoms with van der Waals surface area (Å²) < 4.78 is 5.13. The Hall–Kier alpha value is -2.90. The maximum Gasteiger partial charge on any atom is 0.338 e. The smallest absolute Gasteiger partial charge is 0.338 e. The highest BCUT2D eigenvalue weighted by molar-refractivity contribution is 6.42. The van der Waals surface area contributed by atoms with E-state index >= 15 is 0 Å². The van der Waals surface area contributed by atoms with Crippen molar-refractivity contribution in [1.82, 2.24) is 4.90 Å². The fraction of sp³-hybridized carbons (Fsp3) is 0.273. The molecule has 0 bridgehead atoms. The first kappa shape index (κ1) is 21.3. The number of hydrogen-bond acceptors (Lipinski definition) is 5. The first-order chi connectivity index (χ1) is 14.9. The SMILES string of the molecule is O=C(OCC(=O)N1CCCCC1)c1ccc2c(c1)C(=O)N(c1ccc(Cl)c(Cl)c1)C2=O. The molecule has 1 fully saturated rings. The highest BCUT2D eigenvalue weighted by atomic mass is 35.5. The number of piperidine rings is 1. The van der Waals surface area contributed by atoms with Crippen LogP contribution in [0.1, 0.15) is 50.3 Å². The average Bonchev–Trinajstić information content (AvgIpc) is 3.04. The van der Waals surface area contributed by atoms with E-state index < -0.39 is 17.8 Å². The second-order valence-electron chi connectivity index (χ2n) is 7.32. The number of benzene rings is 2. The summed E-state index contributed by atoms with van der Waals surface area (Å²) in [5.41, 5.74) is 0.601. The van der Waals surface area contributed by atoms with Gasteiger partial charge in [0.15, 0.2) is 6.61 Å². The summed E-state index contributed by atoms with van der Waals surface area (Å²) >= 11 is 11.9. The number of imide groups is 1. The van der Waals surface area contributed by atoms with Crippen LogP contribution < -0.4 is 4.90 Å². The third-order valence-corrected chi connectivity index (χ3v) is 6.06. The number of esters is 1. The lowest BCUT2D eigenvalue weighted by Crippen LogP contribution is -2.38. The molecule has 0 atom stereocenters. The van der Waals surface area contributed by atoms with E-state index in [1.54, 1.807) is 4.90 Å². The summed E-state index contributed by atoms with van der Waals surface area (Å²) in [5.74, 6) is -2.09. The number of amides is 3. The van der Waals surface area contributed by atoms with Gasteiger partial charge in [0.05, 0.1) is 32.4 Å². The van der Waals surface area contributed by atoms with E-state index in [0.29, 0.717) is 18.1 Å². The molecule has 0 unspecified atom stereocenters.